The summed E-state index contributed by atoms with van der Waals surface area (Å²) in [5.41, 5.74) is 1.30. The van der Waals surface area contributed by atoms with Crippen molar-refractivity contribution < 1.29 is 19.1 Å². The molecule has 0 atom stereocenters. The predicted molar refractivity (Wildman–Crippen MR) is 103 cm³/mol. The van der Waals surface area contributed by atoms with Gasteiger partial charge in [-0.2, -0.15) is 0 Å². The fourth-order valence-electron chi connectivity index (χ4n) is 1.91. The maximum absolute atomic E-state index is 11.2. The summed E-state index contributed by atoms with van der Waals surface area (Å²) in [5, 5.41) is 0.646. The van der Waals surface area contributed by atoms with E-state index in [0.717, 1.165) is 12.2 Å². The van der Waals surface area contributed by atoms with Crippen molar-refractivity contribution in [2.75, 3.05) is 0 Å². The van der Waals surface area contributed by atoms with Crippen molar-refractivity contribution in [2.24, 2.45) is 0 Å². The van der Waals surface area contributed by atoms with Crippen LogP contribution >= 0.6 is 23.2 Å². The van der Waals surface area contributed by atoms with E-state index >= 15 is 0 Å². The molecule has 2 aromatic rings. The number of carbonyl (C=O) groups is 2. The van der Waals surface area contributed by atoms with Crippen LogP contribution in [0.3, 0.4) is 0 Å². The van der Waals surface area contributed by atoms with Crippen LogP contribution in [0, 0.1) is 0 Å². The number of hydrogen-bond acceptors (Lipinski definition) is 4. The SMILES string of the molecule is C=CC(=O)Oc1ccc(C(Cl)=C(Cl)c2ccc(OC(=O)C=C)cc2)cc1. The number of halogens is 2. The Morgan fingerprint density at radius 3 is 1.27 bits per heavy atom. The van der Waals surface area contributed by atoms with Crippen molar-refractivity contribution in [1.82, 2.24) is 0 Å². The molecular formula is C20H14Cl2O4. The molecule has 2 aromatic carbocycles. The van der Waals surface area contributed by atoms with Gasteiger partial charge in [-0.25, -0.2) is 9.59 Å². The molecule has 0 bridgehead atoms. The van der Waals surface area contributed by atoms with Crippen molar-refractivity contribution in [3.05, 3.63) is 85.0 Å². The Morgan fingerprint density at radius 1 is 0.692 bits per heavy atom. The van der Waals surface area contributed by atoms with Crippen LogP contribution in [-0.2, 0) is 9.59 Å². The maximum Gasteiger partial charge on any atom is 0.335 e. The lowest BCUT2D eigenvalue weighted by molar-refractivity contribution is -0.129. The molecule has 0 saturated heterocycles. The lowest BCUT2D eigenvalue weighted by Gasteiger charge is -2.07. The minimum absolute atomic E-state index is 0.323. The average Bonchev–Trinajstić information content (AvgIpc) is 2.67. The minimum atomic E-state index is -0.547. The minimum Gasteiger partial charge on any atom is -0.423 e. The molecule has 132 valence electrons. The van der Waals surface area contributed by atoms with E-state index in [1.54, 1.807) is 48.5 Å². The first-order valence-corrected chi connectivity index (χ1v) is 8.15. The highest BCUT2D eigenvalue weighted by Gasteiger charge is 2.09. The number of carbonyl (C=O) groups excluding carboxylic acids is 2. The van der Waals surface area contributed by atoms with Crippen molar-refractivity contribution in [3.8, 4) is 11.5 Å². The quantitative estimate of drug-likeness (QED) is 0.296. The Bertz CT molecular complexity index is 792. The highest BCUT2D eigenvalue weighted by Crippen LogP contribution is 2.34. The van der Waals surface area contributed by atoms with E-state index in [4.69, 9.17) is 32.7 Å². The Balaban J connectivity index is 2.20. The summed E-state index contributed by atoms with van der Waals surface area (Å²) in [6.07, 6.45) is 2.15. The molecule has 0 spiro atoms. The fraction of sp³-hybridized carbons (Fsp3) is 0. The van der Waals surface area contributed by atoms with Gasteiger partial charge in [-0.1, -0.05) is 36.4 Å². The molecule has 4 nitrogen and oxygen atoms in total. The summed E-state index contributed by atoms with van der Waals surface area (Å²) in [6.45, 7) is 6.67. The summed E-state index contributed by atoms with van der Waals surface area (Å²) in [4.78, 5) is 22.3. The second-order valence-electron chi connectivity index (χ2n) is 4.93. The summed E-state index contributed by atoms with van der Waals surface area (Å²) in [7, 11) is 0. The van der Waals surface area contributed by atoms with Crippen LogP contribution in [-0.4, -0.2) is 11.9 Å². The molecule has 0 aliphatic rings. The molecule has 0 fully saturated rings. The van der Waals surface area contributed by atoms with Crippen LogP contribution in [0.25, 0.3) is 10.1 Å². The molecule has 0 saturated carbocycles. The van der Waals surface area contributed by atoms with Gasteiger partial charge in [0.15, 0.2) is 0 Å². The normalized spacial score (nSPS) is 11.2. The second kappa shape index (κ2) is 9.04. The van der Waals surface area contributed by atoms with Gasteiger partial charge in [0.25, 0.3) is 0 Å². The fourth-order valence-corrected chi connectivity index (χ4v) is 2.38. The summed E-state index contributed by atoms with van der Waals surface area (Å²) < 4.78 is 10.00. The molecule has 0 aliphatic heterocycles. The monoisotopic (exact) mass is 388 g/mol. The lowest BCUT2D eigenvalue weighted by Crippen LogP contribution is -2.02. The molecule has 0 aromatic heterocycles. The Morgan fingerprint density at radius 2 is 1.00 bits per heavy atom. The number of benzene rings is 2. The van der Waals surface area contributed by atoms with Crippen molar-refractivity contribution in [3.63, 3.8) is 0 Å². The van der Waals surface area contributed by atoms with Gasteiger partial charge in [0.2, 0.25) is 0 Å². The standard InChI is InChI=1S/C20H14Cl2O4/c1-3-17(23)25-15-9-5-13(6-10-15)19(21)20(22)14-7-11-16(12-8-14)26-18(24)4-2/h3-12H,1-2H2. The molecule has 0 aliphatic carbocycles. The van der Waals surface area contributed by atoms with Gasteiger partial charge < -0.3 is 9.47 Å². The zero-order chi connectivity index (χ0) is 19.1. The summed E-state index contributed by atoms with van der Waals surface area (Å²) in [5.74, 6) is -0.357. The van der Waals surface area contributed by atoms with Crippen LogP contribution in [0.5, 0.6) is 11.5 Å². The van der Waals surface area contributed by atoms with E-state index < -0.39 is 11.9 Å². The molecule has 26 heavy (non-hydrogen) atoms. The smallest absolute Gasteiger partial charge is 0.335 e. The maximum atomic E-state index is 11.2. The third kappa shape index (κ3) is 5.09. The molecule has 2 rings (SSSR count). The molecule has 0 N–H and O–H groups in total. The number of ether oxygens (including phenoxy) is 2. The zero-order valence-electron chi connectivity index (χ0n) is 13.6. The van der Waals surface area contributed by atoms with E-state index in [1.165, 1.54) is 0 Å². The number of esters is 2. The molecule has 0 unspecified atom stereocenters. The first-order valence-electron chi connectivity index (χ1n) is 7.39. The first kappa shape index (κ1) is 19.5. The van der Waals surface area contributed by atoms with Crippen LogP contribution in [0.1, 0.15) is 11.1 Å². The van der Waals surface area contributed by atoms with Crippen LogP contribution in [0.2, 0.25) is 0 Å². The third-order valence-electron chi connectivity index (χ3n) is 3.18. The van der Waals surface area contributed by atoms with Crippen molar-refractivity contribution in [1.29, 1.82) is 0 Å². The van der Waals surface area contributed by atoms with Crippen molar-refractivity contribution in [2.45, 2.75) is 0 Å². The van der Waals surface area contributed by atoms with Gasteiger partial charge in [-0.15, -0.1) is 0 Å². The lowest BCUT2D eigenvalue weighted by atomic mass is 10.1. The number of hydrogen-bond donors (Lipinski definition) is 0. The van der Waals surface area contributed by atoms with Gasteiger partial charge in [0.1, 0.15) is 11.5 Å². The molecule has 0 amide bonds. The van der Waals surface area contributed by atoms with E-state index in [1.807, 2.05) is 0 Å². The largest absolute Gasteiger partial charge is 0.423 e. The zero-order valence-corrected chi connectivity index (χ0v) is 15.1. The number of rotatable bonds is 6. The molecule has 6 heteroatoms. The third-order valence-corrected chi connectivity index (χ3v) is 4.09. The first-order chi connectivity index (χ1) is 12.4. The molecule has 0 heterocycles. The highest BCUT2D eigenvalue weighted by atomic mass is 35.5. The van der Waals surface area contributed by atoms with Gasteiger partial charge in [-0.3, -0.25) is 0 Å². The van der Waals surface area contributed by atoms with Gasteiger partial charge in [0, 0.05) is 12.2 Å². The molecule has 0 radical (unpaired) electrons. The van der Waals surface area contributed by atoms with Gasteiger partial charge >= 0.3 is 11.9 Å². The van der Waals surface area contributed by atoms with Gasteiger partial charge in [0.05, 0.1) is 10.1 Å². The Hall–Kier alpha value is -2.82. The van der Waals surface area contributed by atoms with E-state index in [-0.39, 0.29) is 0 Å². The van der Waals surface area contributed by atoms with E-state index in [9.17, 15) is 9.59 Å². The predicted octanol–water partition coefficient (Wildman–Crippen LogP) is 5.17. The average molecular weight is 389 g/mol. The van der Waals surface area contributed by atoms with Crippen LogP contribution < -0.4 is 9.47 Å². The second-order valence-corrected chi connectivity index (χ2v) is 5.68. The van der Waals surface area contributed by atoms with Gasteiger partial charge in [-0.05, 0) is 59.7 Å². The van der Waals surface area contributed by atoms with Crippen LogP contribution in [0.15, 0.2) is 73.8 Å². The topological polar surface area (TPSA) is 52.6 Å². The van der Waals surface area contributed by atoms with Crippen LogP contribution in [0.4, 0.5) is 0 Å². The summed E-state index contributed by atoms with van der Waals surface area (Å²) >= 11 is 12.7. The Labute approximate surface area is 160 Å². The highest BCUT2D eigenvalue weighted by molar-refractivity contribution is 6.65. The Kier molecular flexibility index (Phi) is 6.78. The van der Waals surface area contributed by atoms with E-state index in [2.05, 4.69) is 13.2 Å². The van der Waals surface area contributed by atoms with Crippen molar-refractivity contribution >= 4 is 45.2 Å². The summed E-state index contributed by atoms with van der Waals surface area (Å²) in [6, 6.07) is 13.1. The van der Waals surface area contributed by atoms with E-state index in [0.29, 0.717) is 32.7 Å². The molecular weight excluding hydrogens is 375 g/mol.